The normalized spacial score (nSPS) is 14.8. The summed E-state index contributed by atoms with van der Waals surface area (Å²) in [6.45, 7) is 4.42. The Morgan fingerprint density at radius 3 is 1.80 bits per heavy atom. The van der Waals surface area contributed by atoms with Crippen LogP contribution in [-0.4, -0.2) is 52.9 Å². The number of nitrogens with one attached hydrogen (secondary N) is 1. The van der Waals surface area contributed by atoms with Gasteiger partial charge in [0.25, 0.3) is 0 Å². The lowest BCUT2D eigenvalue weighted by atomic mass is 9.86. The Morgan fingerprint density at radius 1 is 0.771 bits per heavy atom. The van der Waals surface area contributed by atoms with Crippen LogP contribution in [0.25, 0.3) is 11.1 Å². The van der Waals surface area contributed by atoms with E-state index in [1.807, 2.05) is 24.3 Å². The Morgan fingerprint density at radius 2 is 1.31 bits per heavy atom. The Kier molecular flexibility index (Phi) is 7.44. The second-order valence-electron chi connectivity index (χ2n) is 10.1. The number of methoxy groups -OCH3 is 2. The maximum atomic E-state index is 5.44. The van der Waals surface area contributed by atoms with Gasteiger partial charge >= 0.3 is 0 Å². The Labute approximate surface area is 210 Å². The van der Waals surface area contributed by atoms with Crippen molar-refractivity contribution in [1.29, 1.82) is 0 Å². The Hall–Kier alpha value is -3.34. The third-order valence-electron chi connectivity index (χ3n) is 6.67. The van der Waals surface area contributed by atoms with Crippen molar-refractivity contribution in [1.82, 2.24) is 0 Å². The molecule has 1 aliphatic rings. The number of benzene rings is 3. The van der Waals surface area contributed by atoms with Gasteiger partial charge in [0, 0.05) is 17.2 Å². The number of rotatable bonds is 9. The van der Waals surface area contributed by atoms with E-state index in [2.05, 4.69) is 82.8 Å². The summed E-state index contributed by atoms with van der Waals surface area (Å²) in [5.74, 6) is 1.73. The van der Waals surface area contributed by atoms with Gasteiger partial charge in [0.1, 0.15) is 36.5 Å². The molecule has 1 unspecified atom stereocenters. The SMILES string of the molecule is CCC(C1=C[NH+](CC[N+](C)(C)C)c2ccccc21)=C(c1ccc(OC)cc1)c1ccc(OC)cc1. The fourth-order valence-corrected chi connectivity index (χ4v) is 4.77. The van der Waals surface area contributed by atoms with Gasteiger partial charge in [-0.15, -0.1) is 0 Å². The molecule has 0 aliphatic carbocycles. The zero-order valence-electron chi connectivity index (χ0n) is 21.9. The molecule has 4 heteroatoms. The quantitative estimate of drug-likeness (QED) is 0.435. The third kappa shape index (κ3) is 5.50. The van der Waals surface area contributed by atoms with Gasteiger partial charge in [0.05, 0.1) is 35.4 Å². The number of allylic oxidation sites excluding steroid dienone is 2. The molecule has 0 amide bonds. The molecule has 0 radical (unpaired) electrons. The van der Waals surface area contributed by atoms with Crippen LogP contribution in [0, 0.1) is 0 Å². The minimum Gasteiger partial charge on any atom is -0.497 e. The summed E-state index contributed by atoms with van der Waals surface area (Å²) in [5, 5.41) is 0. The first-order valence-electron chi connectivity index (χ1n) is 12.3. The number of likely N-dealkylation sites (N-methyl/N-ethyl adjacent to an activating group) is 1. The summed E-state index contributed by atoms with van der Waals surface area (Å²) in [5.41, 5.74) is 9.02. The van der Waals surface area contributed by atoms with Crippen LogP contribution in [0.2, 0.25) is 0 Å². The van der Waals surface area contributed by atoms with Crippen LogP contribution in [-0.2, 0) is 0 Å². The fraction of sp³-hybridized carbons (Fsp3) is 0.290. The first-order chi connectivity index (χ1) is 16.8. The molecule has 3 aromatic carbocycles. The van der Waals surface area contributed by atoms with E-state index < -0.39 is 0 Å². The topological polar surface area (TPSA) is 22.9 Å². The van der Waals surface area contributed by atoms with Crippen molar-refractivity contribution in [2.24, 2.45) is 0 Å². The lowest BCUT2D eigenvalue weighted by Crippen LogP contribution is -3.02. The maximum absolute atomic E-state index is 5.44. The van der Waals surface area contributed by atoms with E-state index in [9.17, 15) is 0 Å². The standard InChI is InChI=1S/C31H37N2O2/c1-7-27(29-22-32(20-21-33(2,3)4)30-11-9-8-10-28(29)30)31(23-12-16-25(34-5)17-13-23)24-14-18-26(35-6)19-15-24/h8-19,22H,7,20-21H2,1-6H3/q+1/p+1. The van der Waals surface area contributed by atoms with Crippen LogP contribution < -0.4 is 14.4 Å². The number of hydrogen-bond acceptors (Lipinski definition) is 2. The van der Waals surface area contributed by atoms with Gasteiger partial charge in [-0.3, -0.25) is 4.90 Å². The molecule has 1 heterocycles. The van der Waals surface area contributed by atoms with Gasteiger partial charge < -0.3 is 14.0 Å². The van der Waals surface area contributed by atoms with Crippen LogP contribution in [0.5, 0.6) is 11.5 Å². The van der Waals surface area contributed by atoms with Crippen LogP contribution >= 0.6 is 0 Å². The summed E-state index contributed by atoms with van der Waals surface area (Å²) in [7, 11) is 10.2. The van der Waals surface area contributed by atoms with Gasteiger partial charge in [-0.1, -0.05) is 43.3 Å². The Bertz CT molecular complexity index is 1170. The first kappa shape index (κ1) is 24.8. The number of para-hydroxylation sites is 1. The summed E-state index contributed by atoms with van der Waals surface area (Å²) in [6, 6.07) is 25.7. The lowest BCUT2D eigenvalue weighted by Gasteiger charge is -2.24. The molecule has 3 aromatic rings. The second-order valence-corrected chi connectivity index (χ2v) is 10.1. The molecule has 1 aliphatic heterocycles. The van der Waals surface area contributed by atoms with E-state index in [1.165, 1.54) is 44.0 Å². The van der Waals surface area contributed by atoms with Gasteiger partial charge in [0.15, 0.2) is 0 Å². The minimum atomic E-state index is 0.863. The zero-order chi connectivity index (χ0) is 25.0. The molecule has 4 nitrogen and oxygen atoms in total. The number of quaternary nitrogens is 2. The summed E-state index contributed by atoms with van der Waals surface area (Å²) in [4.78, 5) is 1.43. The first-order valence-corrected chi connectivity index (χ1v) is 12.3. The summed E-state index contributed by atoms with van der Waals surface area (Å²) >= 11 is 0. The Balaban J connectivity index is 1.89. The van der Waals surface area contributed by atoms with Crippen molar-refractivity contribution in [2.45, 2.75) is 13.3 Å². The molecule has 0 spiro atoms. The van der Waals surface area contributed by atoms with E-state index in [0.717, 1.165) is 35.5 Å². The molecule has 4 rings (SSSR count). The van der Waals surface area contributed by atoms with E-state index in [1.54, 1.807) is 14.2 Å². The second kappa shape index (κ2) is 10.5. The van der Waals surface area contributed by atoms with Crippen LogP contribution in [0.15, 0.2) is 84.6 Å². The number of nitrogens with zero attached hydrogens (tertiary/aromatic N) is 1. The zero-order valence-corrected chi connectivity index (χ0v) is 21.9. The molecule has 0 bridgehead atoms. The van der Waals surface area contributed by atoms with Crippen LogP contribution in [0.3, 0.4) is 0 Å². The van der Waals surface area contributed by atoms with Crippen LogP contribution in [0.4, 0.5) is 5.69 Å². The molecule has 35 heavy (non-hydrogen) atoms. The summed E-state index contributed by atoms with van der Waals surface area (Å²) < 4.78 is 11.8. The average molecular weight is 471 g/mol. The number of hydrogen-bond donors (Lipinski definition) is 1. The van der Waals surface area contributed by atoms with Crippen molar-refractivity contribution in [2.75, 3.05) is 48.5 Å². The highest BCUT2D eigenvalue weighted by molar-refractivity contribution is 5.97. The van der Waals surface area contributed by atoms with Gasteiger partial charge in [-0.2, -0.15) is 0 Å². The predicted octanol–water partition coefficient (Wildman–Crippen LogP) is 5.19. The van der Waals surface area contributed by atoms with Crippen molar-refractivity contribution >= 4 is 16.8 Å². The van der Waals surface area contributed by atoms with Crippen molar-refractivity contribution in [3.8, 4) is 11.5 Å². The van der Waals surface area contributed by atoms with Crippen molar-refractivity contribution < 1.29 is 18.9 Å². The highest BCUT2D eigenvalue weighted by Gasteiger charge is 2.30. The summed E-state index contributed by atoms with van der Waals surface area (Å²) in [6.07, 6.45) is 3.36. The fourth-order valence-electron chi connectivity index (χ4n) is 4.77. The number of fused-ring (bicyclic) bond motifs is 1. The lowest BCUT2D eigenvalue weighted by molar-refractivity contribution is -0.898. The van der Waals surface area contributed by atoms with Gasteiger partial charge in [-0.05, 0) is 59.0 Å². The monoisotopic (exact) mass is 470 g/mol. The molecular weight excluding hydrogens is 432 g/mol. The van der Waals surface area contributed by atoms with Gasteiger partial charge in [-0.25, -0.2) is 0 Å². The molecule has 0 saturated heterocycles. The molecule has 182 valence electrons. The molecule has 1 atom stereocenters. The van der Waals surface area contributed by atoms with E-state index in [-0.39, 0.29) is 0 Å². The maximum Gasteiger partial charge on any atom is 0.144 e. The van der Waals surface area contributed by atoms with E-state index in [4.69, 9.17) is 9.47 Å². The third-order valence-corrected chi connectivity index (χ3v) is 6.67. The van der Waals surface area contributed by atoms with E-state index in [0.29, 0.717) is 0 Å². The van der Waals surface area contributed by atoms with E-state index >= 15 is 0 Å². The van der Waals surface area contributed by atoms with Crippen molar-refractivity contribution in [3.63, 3.8) is 0 Å². The molecule has 0 aromatic heterocycles. The van der Waals surface area contributed by atoms with Gasteiger partial charge in [0.2, 0.25) is 0 Å². The minimum absolute atomic E-state index is 0.863. The highest BCUT2D eigenvalue weighted by atomic mass is 16.5. The van der Waals surface area contributed by atoms with Crippen LogP contribution in [0.1, 0.15) is 30.0 Å². The predicted molar refractivity (Wildman–Crippen MR) is 145 cm³/mol. The molecule has 1 N–H and O–H groups in total. The average Bonchev–Trinajstić information content (AvgIpc) is 3.24. The molecular formula is C31H38N2O2+2. The highest BCUT2D eigenvalue weighted by Crippen LogP contribution is 2.40. The smallest absolute Gasteiger partial charge is 0.144 e. The van der Waals surface area contributed by atoms with Crippen molar-refractivity contribution in [3.05, 3.63) is 101 Å². The molecule has 0 fully saturated rings. The molecule has 0 saturated carbocycles. The largest absolute Gasteiger partial charge is 0.497 e. The number of ether oxygens (including phenoxy) is 2.